The lowest BCUT2D eigenvalue weighted by Crippen LogP contribution is -2.48. The number of piperidine rings is 1. The monoisotopic (exact) mass is 258 g/mol. The van der Waals surface area contributed by atoms with E-state index in [2.05, 4.69) is 40.4 Å². The van der Waals surface area contributed by atoms with Gasteiger partial charge in [0.25, 0.3) is 0 Å². The second-order valence-electron chi connectivity index (χ2n) is 5.83. The number of hydrogen-bond donors (Lipinski definition) is 1. The molecule has 1 N–H and O–H groups in total. The molecule has 2 atom stereocenters. The number of fused-ring (bicyclic) bond motifs is 1. The van der Waals surface area contributed by atoms with Crippen LogP contribution in [0.5, 0.6) is 0 Å². The molecule has 1 aromatic carbocycles. The number of likely N-dealkylation sites (tertiary alicyclic amines) is 1. The molecule has 102 valence electrons. The normalized spacial score (nSPS) is 30.2. The van der Waals surface area contributed by atoms with Crippen LogP contribution in [-0.2, 0) is 6.54 Å². The number of hydrogen-bond acceptors (Lipinski definition) is 3. The Hall–Kier alpha value is -1.35. The van der Waals surface area contributed by atoms with Gasteiger partial charge in [0.2, 0.25) is 0 Å². The molecule has 0 unspecified atom stereocenters. The molecule has 0 amide bonds. The van der Waals surface area contributed by atoms with Crippen molar-refractivity contribution in [1.82, 2.24) is 4.90 Å². The molecule has 1 saturated carbocycles. The van der Waals surface area contributed by atoms with E-state index in [1.807, 2.05) is 0 Å². The van der Waals surface area contributed by atoms with Gasteiger partial charge < -0.3 is 5.21 Å². The zero-order valence-electron chi connectivity index (χ0n) is 11.3. The quantitative estimate of drug-likeness (QED) is 0.652. The van der Waals surface area contributed by atoms with Gasteiger partial charge in [-0.25, -0.2) is 0 Å². The second kappa shape index (κ2) is 5.74. The summed E-state index contributed by atoms with van der Waals surface area (Å²) in [5.41, 5.74) is 2.37. The Bertz CT molecular complexity index is 443. The Morgan fingerprint density at radius 2 is 2.05 bits per heavy atom. The molecule has 1 aliphatic carbocycles. The standard InChI is InChI=1S/C16H22N2O/c19-17-15-9-8-14-7-4-10-18(16(14)11-15)12-13-5-2-1-3-6-13/h1-3,5-6,14,16,19H,4,7-12H2/t14-,16-/m1/s1. The summed E-state index contributed by atoms with van der Waals surface area (Å²) in [4.78, 5) is 2.59. The van der Waals surface area contributed by atoms with Crippen LogP contribution in [0.2, 0.25) is 0 Å². The molecule has 0 bridgehead atoms. The van der Waals surface area contributed by atoms with Crippen molar-refractivity contribution in [2.45, 2.75) is 44.7 Å². The van der Waals surface area contributed by atoms with Gasteiger partial charge in [-0.1, -0.05) is 35.5 Å². The van der Waals surface area contributed by atoms with Crippen molar-refractivity contribution in [2.75, 3.05) is 6.54 Å². The van der Waals surface area contributed by atoms with Crippen molar-refractivity contribution in [1.29, 1.82) is 0 Å². The van der Waals surface area contributed by atoms with Crippen molar-refractivity contribution in [2.24, 2.45) is 11.1 Å². The first-order valence-corrected chi connectivity index (χ1v) is 7.34. The highest BCUT2D eigenvalue weighted by Crippen LogP contribution is 2.35. The summed E-state index contributed by atoms with van der Waals surface area (Å²) in [5, 5.41) is 12.5. The fourth-order valence-electron chi connectivity index (χ4n) is 3.65. The predicted molar refractivity (Wildman–Crippen MR) is 76.4 cm³/mol. The number of nitrogens with zero attached hydrogens (tertiary/aromatic N) is 2. The van der Waals surface area contributed by atoms with Gasteiger partial charge in [-0.3, -0.25) is 4.90 Å². The highest BCUT2D eigenvalue weighted by atomic mass is 16.4. The molecule has 3 heteroatoms. The third-order valence-electron chi connectivity index (χ3n) is 4.65. The van der Waals surface area contributed by atoms with Gasteiger partial charge in [0.05, 0.1) is 5.71 Å². The van der Waals surface area contributed by atoms with E-state index in [1.165, 1.54) is 31.4 Å². The van der Waals surface area contributed by atoms with E-state index < -0.39 is 0 Å². The zero-order valence-corrected chi connectivity index (χ0v) is 11.3. The summed E-state index contributed by atoms with van der Waals surface area (Å²) in [5.74, 6) is 0.794. The Morgan fingerprint density at radius 3 is 2.84 bits per heavy atom. The largest absolute Gasteiger partial charge is 0.411 e. The summed E-state index contributed by atoms with van der Waals surface area (Å²) in [7, 11) is 0. The van der Waals surface area contributed by atoms with Crippen molar-refractivity contribution in [3.8, 4) is 0 Å². The van der Waals surface area contributed by atoms with E-state index in [4.69, 9.17) is 5.21 Å². The zero-order chi connectivity index (χ0) is 13.1. The minimum Gasteiger partial charge on any atom is -0.411 e. The highest BCUT2D eigenvalue weighted by Gasteiger charge is 2.35. The van der Waals surface area contributed by atoms with Crippen LogP contribution >= 0.6 is 0 Å². The Kier molecular flexibility index (Phi) is 3.83. The molecule has 1 aromatic rings. The average Bonchev–Trinajstić information content (AvgIpc) is 2.48. The summed E-state index contributed by atoms with van der Waals surface area (Å²) < 4.78 is 0. The molecule has 0 spiro atoms. The SMILES string of the molecule is ON=C1CC[C@H]2CCCN(Cc3ccccc3)[C@@H]2C1. The third-order valence-corrected chi connectivity index (χ3v) is 4.65. The van der Waals surface area contributed by atoms with Crippen LogP contribution in [0.25, 0.3) is 0 Å². The van der Waals surface area contributed by atoms with Gasteiger partial charge in [0, 0.05) is 19.0 Å². The fraction of sp³-hybridized carbons (Fsp3) is 0.562. The van der Waals surface area contributed by atoms with Gasteiger partial charge >= 0.3 is 0 Å². The van der Waals surface area contributed by atoms with E-state index in [1.54, 1.807) is 0 Å². The first kappa shape index (κ1) is 12.7. The van der Waals surface area contributed by atoms with Crippen molar-refractivity contribution in [3.63, 3.8) is 0 Å². The van der Waals surface area contributed by atoms with Gasteiger partial charge in [0.15, 0.2) is 0 Å². The van der Waals surface area contributed by atoms with E-state index in [-0.39, 0.29) is 0 Å². The van der Waals surface area contributed by atoms with E-state index >= 15 is 0 Å². The molecule has 19 heavy (non-hydrogen) atoms. The Labute approximate surface area is 114 Å². The smallest absolute Gasteiger partial charge is 0.0586 e. The first-order valence-electron chi connectivity index (χ1n) is 7.34. The minimum atomic E-state index is 0.577. The molecule has 1 saturated heterocycles. The van der Waals surface area contributed by atoms with Crippen molar-refractivity contribution >= 4 is 5.71 Å². The van der Waals surface area contributed by atoms with Gasteiger partial charge in [0.1, 0.15) is 0 Å². The first-order chi connectivity index (χ1) is 9.36. The van der Waals surface area contributed by atoms with Crippen LogP contribution < -0.4 is 0 Å². The van der Waals surface area contributed by atoms with E-state index in [9.17, 15) is 0 Å². The molecule has 1 heterocycles. The van der Waals surface area contributed by atoms with Gasteiger partial charge in [-0.15, -0.1) is 0 Å². The average molecular weight is 258 g/mol. The molecule has 3 rings (SSSR count). The molecule has 2 fully saturated rings. The molecule has 1 aliphatic heterocycles. The second-order valence-corrected chi connectivity index (χ2v) is 5.83. The van der Waals surface area contributed by atoms with Crippen LogP contribution in [0.4, 0.5) is 0 Å². The molecule has 0 aromatic heterocycles. The summed E-state index contributed by atoms with van der Waals surface area (Å²) in [6.45, 7) is 2.20. The lowest BCUT2D eigenvalue weighted by atomic mass is 9.77. The predicted octanol–water partition coefficient (Wildman–Crippen LogP) is 3.28. The summed E-state index contributed by atoms with van der Waals surface area (Å²) in [6.07, 6.45) is 5.77. The summed E-state index contributed by atoms with van der Waals surface area (Å²) in [6, 6.07) is 11.3. The van der Waals surface area contributed by atoms with E-state index in [0.717, 1.165) is 31.0 Å². The number of rotatable bonds is 2. The maximum absolute atomic E-state index is 9.03. The minimum absolute atomic E-state index is 0.577. The van der Waals surface area contributed by atoms with Crippen LogP contribution in [0.3, 0.4) is 0 Å². The summed E-state index contributed by atoms with van der Waals surface area (Å²) >= 11 is 0. The van der Waals surface area contributed by atoms with Crippen LogP contribution in [0.15, 0.2) is 35.5 Å². The topological polar surface area (TPSA) is 35.8 Å². The number of benzene rings is 1. The molecule has 0 radical (unpaired) electrons. The Balaban J connectivity index is 1.73. The van der Waals surface area contributed by atoms with Crippen LogP contribution in [0, 0.1) is 5.92 Å². The number of oxime groups is 1. The fourth-order valence-corrected chi connectivity index (χ4v) is 3.65. The highest BCUT2D eigenvalue weighted by molar-refractivity contribution is 5.85. The van der Waals surface area contributed by atoms with Crippen LogP contribution in [-0.4, -0.2) is 28.4 Å². The maximum Gasteiger partial charge on any atom is 0.0586 e. The molecular weight excluding hydrogens is 236 g/mol. The lowest BCUT2D eigenvalue weighted by Gasteiger charge is -2.44. The van der Waals surface area contributed by atoms with Gasteiger partial charge in [-0.2, -0.15) is 0 Å². The molecule has 2 aliphatic rings. The van der Waals surface area contributed by atoms with Crippen molar-refractivity contribution in [3.05, 3.63) is 35.9 Å². The lowest BCUT2D eigenvalue weighted by molar-refractivity contribution is 0.0776. The Morgan fingerprint density at radius 1 is 1.21 bits per heavy atom. The maximum atomic E-state index is 9.03. The molecule has 3 nitrogen and oxygen atoms in total. The third kappa shape index (κ3) is 2.81. The van der Waals surface area contributed by atoms with Gasteiger partial charge in [-0.05, 0) is 43.7 Å². The van der Waals surface area contributed by atoms with E-state index in [0.29, 0.717) is 6.04 Å². The van der Waals surface area contributed by atoms with Crippen molar-refractivity contribution < 1.29 is 5.21 Å². The molecular formula is C16H22N2O. The van der Waals surface area contributed by atoms with Crippen LogP contribution in [0.1, 0.15) is 37.7 Å².